The predicted octanol–water partition coefficient (Wildman–Crippen LogP) is 5.55. The lowest BCUT2D eigenvalue weighted by Crippen LogP contribution is -2.34. The third kappa shape index (κ3) is 3.93. The van der Waals surface area contributed by atoms with Gasteiger partial charge in [-0.2, -0.15) is 5.10 Å². The fourth-order valence-corrected chi connectivity index (χ4v) is 4.96. The van der Waals surface area contributed by atoms with Crippen molar-refractivity contribution in [3.63, 3.8) is 0 Å². The number of benzene rings is 1. The number of rotatable bonds is 3. The first-order chi connectivity index (χ1) is 13.1. The van der Waals surface area contributed by atoms with Gasteiger partial charge in [-0.3, -0.25) is 4.79 Å². The monoisotopic (exact) mass is 381 g/mol. The molecule has 1 N–H and O–H groups in total. The minimum absolute atomic E-state index is 0.0663. The first kappa shape index (κ1) is 18.2. The largest absolute Gasteiger partial charge is 0.349 e. The number of aromatic nitrogens is 2. The van der Waals surface area contributed by atoms with Crippen molar-refractivity contribution in [1.29, 1.82) is 0 Å². The molecule has 1 aliphatic rings. The number of hydrogen-bond donors (Lipinski definition) is 1. The van der Waals surface area contributed by atoms with Gasteiger partial charge in [0.2, 0.25) is 0 Å². The summed E-state index contributed by atoms with van der Waals surface area (Å²) in [6.45, 7) is 4.09. The van der Waals surface area contributed by atoms with Crippen molar-refractivity contribution in [3.8, 4) is 5.69 Å². The zero-order valence-electron chi connectivity index (χ0n) is 16.1. The second kappa shape index (κ2) is 7.85. The summed E-state index contributed by atoms with van der Waals surface area (Å²) in [6, 6.07) is 10.7. The average molecular weight is 382 g/mol. The van der Waals surface area contributed by atoms with Crippen LogP contribution in [0.2, 0.25) is 0 Å². The van der Waals surface area contributed by atoms with E-state index in [9.17, 15) is 4.79 Å². The Morgan fingerprint density at radius 2 is 1.74 bits per heavy atom. The number of carbonyl (C=O) groups excluding carboxylic acids is 1. The molecule has 1 aromatic carbocycles. The number of carbonyl (C=O) groups is 1. The maximum atomic E-state index is 12.9. The molecule has 0 spiro atoms. The van der Waals surface area contributed by atoms with Gasteiger partial charge in [0, 0.05) is 11.4 Å². The molecule has 1 fully saturated rings. The lowest BCUT2D eigenvalue weighted by atomic mass is 9.97. The van der Waals surface area contributed by atoms with Gasteiger partial charge in [-0.1, -0.05) is 49.8 Å². The highest BCUT2D eigenvalue weighted by Gasteiger charge is 2.20. The lowest BCUT2D eigenvalue weighted by Gasteiger charge is -2.20. The molecule has 2 aromatic heterocycles. The Labute approximate surface area is 164 Å². The van der Waals surface area contributed by atoms with Gasteiger partial charge >= 0.3 is 0 Å². The molecule has 0 radical (unpaired) electrons. The van der Waals surface area contributed by atoms with E-state index in [0.29, 0.717) is 6.04 Å². The van der Waals surface area contributed by atoms with E-state index in [2.05, 4.69) is 41.6 Å². The molecule has 27 heavy (non-hydrogen) atoms. The molecule has 1 aliphatic carbocycles. The fraction of sp³-hybridized carbons (Fsp3) is 0.455. The highest BCUT2D eigenvalue weighted by molar-refractivity contribution is 7.20. The van der Waals surface area contributed by atoms with Crippen LogP contribution in [0.25, 0.3) is 15.9 Å². The number of amides is 1. The van der Waals surface area contributed by atoms with E-state index < -0.39 is 0 Å². The quantitative estimate of drug-likeness (QED) is 0.647. The first-order valence-electron chi connectivity index (χ1n) is 9.99. The number of nitrogens with one attached hydrogen (secondary N) is 1. The lowest BCUT2D eigenvalue weighted by molar-refractivity contribution is 0.0934. The average Bonchev–Trinajstić information content (AvgIpc) is 3.19. The second-order valence-electron chi connectivity index (χ2n) is 7.68. The number of fused-ring (bicyclic) bond motifs is 1. The van der Waals surface area contributed by atoms with Gasteiger partial charge in [-0.15, -0.1) is 11.3 Å². The molecular formula is C22H27N3OS. The Kier molecular flexibility index (Phi) is 5.30. The minimum atomic E-state index is 0.0663. The van der Waals surface area contributed by atoms with E-state index >= 15 is 0 Å². The van der Waals surface area contributed by atoms with Crippen molar-refractivity contribution < 1.29 is 4.79 Å². The smallest absolute Gasteiger partial charge is 0.261 e. The second-order valence-corrected chi connectivity index (χ2v) is 8.71. The van der Waals surface area contributed by atoms with Gasteiger partial charge in [-0.25, -0.2) is 4.68 Å². The molecular weight excluding hydrogens is 354 g/mol. The number of hydrogen-bond acceptors (Lipinski definition) is 3. The zero-order chi connectivity index (χ0) is 18.8. The first-order valence-corrected chi connectivity index (χ1v) is 10.8. The maximum absolute atomic E-state index is 12.9. The van der Waals surface area contributed by atoms with Gasteiger partial charge in [0.05, 0.1) is 16.3 Å². The van der Waals surface area contributed by atoms with E-state index in [-0.39, 0.29) is 5.91 Å². The van der Waals surface area contributed by atoms with Crippen molar-refractivity contribution in [2.45, 2.75) is 64.8 Å². The van der Waals surface area contributed by atoms with E-state index in [4.69, 9.17) is 0 Å². The van der Waals surface area contributed by atoms with Crippen LogP contribution in [0.1, 0.15) is 65.9 Å². The van der Waals surface area contributed by atoms with E-state index in [1.807, 2.05) is 17.7 Å². The summed E-state index contributed by atoms with van der Waals surface area (Å²) in [5.41, 5.74) is 3.23. The molecule has 0 bridgehead atoms. The highest BCUT2D eigenvalue weighted by atomic mass is 32.1. The SMILES string of the molecule is Cc1ccc(-n2nc(C)c3cc(C(=O)NC4CCCCCCC4)sc32)cc1. The third-order valence-electron chi connectivity index (χ3n) is 5.49. The van der Waals surface area contributed by atoms with Crippen LogP contribution in [0.3, 0.4) is 0 Å². The van der Waals surface area contributed by atoms with Crippen molar-refractivity contribution in [1.82, 2.24) is 15.1 Å². The summed E-state index contributed by atoms with van der Waals surface area (Å²) < 4.78 is 1.96. The molecule has 0 atom stereocenters. The third-order valence-corrected chi connectivity index (χ3v) is 6.60. The standard InChI is InChI=1S/C22H27N3OS/c1-15-10-12-18(13-11-15)25-22-19(16(2)24-25)14-20(27-22)21(26)23-17-8-6-4-3-5-7-9-17/h10-14,17H,3-9H2,1-2H3,(H,23,26). The van der Waals surface area contributed by atoms with Crippen LogP contribution in [-0.2, 0) is 0 Å². The molecule has 5 heteroatoms. The molecule has 1 saturated carbocycles. The summed E-state index contributed by atoms with van der Waals surface area (Å²) >= 11 is 1.54. The highest BCUT2D eigenvalue weighted by Crippen LogP contribution is 2.30. The van der Waals surface area contributed by atoms with Crippen LogP contribution in [0, 0.1) is 13.8 Å². The Bertz CT molecular complexity index is 931. The Hall–Kier alpha value is -2.14. The Morgan fingerprint density at radius 1 is 1.07 bits per heavy atom. The normalized spacial score (nSPS) is 16.2. The van der Waals surface area contributed by atoms with E-state index in [1.54, 1.807) is 0 Å². The van der Waals surface area contributed by atoms with Crippen LogP contribution in [0.15, 0.2) is 30.3 Å². The predicted molar refractivity (Wildman–Crippen MR) is 112 cm³/mol. The van der Waals surface area contributed by atoms with Gasteiger partial charge < -0.3 is 5.32 Å². The Balaban J connectivity index is 1.58. The summed E-state index contributed by atoms with van der Waals surface area (Å²) in [7, 11) is 0. The van der Waals surface area contributed by atoms with Crippen molar-refractivity contribution in [2.24, 2.45) is 0 Å². The zero-order valence-corrected chi connectivity index (χ0v) is 16.9. The molecule has 4 rings (SSSR count). The molecule has 0 aliphatic heterocycles. The molecule has 2 heterocycles. The van der Waals surface area contributed by atoms with Crippen LogP contribution >= 0.6 is 11.3 Å². The molecule has 4 nitrogen and oxygen atoms in total. The van der Waals surface area contributed by atoms with Crippen molar-refractivity contribution in [3.05, 3.63) is 46.5 Å². The van der Waals surface area contributed by atoms with Crippen molar-refractivity contribution >= 4 is 27.5 Å². The van der Waals surface area contributed by atoms with Crippen LogP contribution < -0.4 is 5.32 Å². The summed E-state index contributed by atoms with van der Waals surface area (Å²) in [5, 5.41) is 9.04. The number of aryl methyl sites for hydroxylation is 2. The van der Waals surface area contributed by atoms with Gasteiger partial charge in [0.25, 0.3) is 5.91 Å². The van der Waals surface area contributed by atoms with Crippen molar-refractivity contribution in [2.75, 3.05) is 0 Å². The van der Waals surface area contributed by atoms with Crippen LogP contribution in [0.4, 0.5) is 0 Å². The molecule has 1 amide bonds. The topological polar surface area (TPSA) is 46.9 Å². The van der Waals surface area contributed by atoms with Gasteiger partial charge in [-0.05, 0) is 44.9 Å². The van der Waals surface area contributed by atoms with Gasteiger partial charge in [0.1, 0.15) is 4.83 Å². The van der Waals surface area contributed by atoms with E-state index in [0.717, 1.165) is 39.3 Å². The van der Waals surface area contributed by atoms with Crippen LogP contribution in [-0.4, -0.2) is 21.7 Å². The van der Waals surface area contributed by atoms with Crippen LogP contribution in [0.5, 0.6) is 0 Å². The Morgan fingerprint density at radius 3 is 2.44 bits per heavy atom. The summed E-state index contributed by atoms with van der Waals surface area (Å²) in [4.78, 5) is 14.7. The molecule has 0 saturated heterocycles. The molecule has 142 valence electrons. The summed E-state index contributed by atoms with van der Waals surface area (Å²) in [5.74, 6) is 0.0663. The fourth-order valence-electron chi connectivity index (χ4n) is 3.88. The minimum Gasteiger partial charge on any atom is -0.349 e. The number of nitrogens with zero attached hydrogens (tertiary/aromatic N) is 2. The molecule has 3 aromatic rings. The van der Waals surface area contributed by atoms with Gasteiger partial charge in [0.15, 0.2) is 0 Å². The van der Waals surface area contributed by atoms with E-state index in [1.165, 1.54) is 49.0 Å². The summed E-state index contributed by atoms with van der Waals surface area (Å²) in [6.07, 6.45) is 8.57. The maximum Gasteiger partial charge on any atom is 0.261 e. The molecule has 0 unspecified atom stereocenters. The number of thiophene rings is 1.